The van der Waals surface area contributed by atoms with Crippen LogP contribution in [0.15, 0.2) is 16.7 Å². The summed E-state index contributed by atoms with van der Waals surface area (Å²) in [5.41, 5.74) is 1.14. The van der Waals surface area contributed by atoms with Crippen LogP contribution in [0.1, 0.15) is 18.2 Å². The molecule has 1 aromatic rings. The van der Waals surface area contributed by atoms with Crippen LogP contribution < -0.4 is 0 Å². The van der Waals surface area contributed by atoms with E-state index in [1.165, 1.54) is 0 Å². The van der Waals surface area contributed by atoms with Gasteiger partial charge in [0, 0.05) is 13.1 Å². The number of furan rings is 1. The number of nitrogens with zero attached hydrogens (tertiary/aromatic N) is 1. The van der Waals surface area contributed by atoms with Crippen LogP contribution in [-0.2, 0) is 22.4 Å². The number of aryl methyl sites for hydroxylation is 1. The van der Waals surface area contributed by atoms with Gasteiger partial charge in [0.1, 0.15) is 5.76 Å². The number of morpholine rings is 1. The molecule has 16 heavy (non-hydrogen) atoms. The molecule has 1 fully saturated rings. The second-order valence-electron chi connectivity index (χ2n) is 3.94. The number of carbonyl (C=O) groups excluding carboxylic acids is 1. The van der Waals surface area contributed by atoms with Crippen LogP contribution in [0.25, 0.3) is 0 Å². The maximum Gasteiger partial charge on any atom is 0.230 e. The van der Waals surface area contributed by atoms with E-state index in [-0.39, 0.29) is 5.91 Å². The van der Waals surface area contributed by atoms with E-state index in [4.69, 9.17) is 9.15 Å². The Bertz CT molecular complexity index is 353. The highest BCUT2D eigenvalue weighted by atomic mass is 16.5. The Labute approximate surface area is 95.2 Å². The lowest BCUT2D eigenvalue weighted by Crippen LogP contribution is -2.41. The molecule has 0 N–H and O–H groups in total. The minimum Gasteiger partial charge on any atom is -0.469 e. The third kappa shape index (κ3) is 2.64. The van der Waals surface area contributed by atoms with Crippen LogP contribution in [0.4, 0.5) is 0 Å². The van der Waals surface area contributed by atoms with Crippen molar-refractivity contribution in [3.05, 3.63) is 23.7 Å². The monoisotopic (exact) mass is 223 g/mol. The molecule has 2 rings (SSSR count). The molecule has 0 unspecified atom stereocenters. The molecule has 4 nitrogen and oxygen atoms in total. The van der Waals surface area contributed by atoms with Crippen molar-refractivity contribution in [3.63, 3.8) is 0 Å². The van der Waals surface area contributed by atoms with Gasteiger partial charge in [0.25, 0.3) is 0 Å². The van der Waals surface area contributed by atoms with E-state index in [0.29, 0.717) is 32.7 Å². The highest BCUT2D eigenvalue weighted by molar-refractivity contribution is 5.78. The maximum absolute atomic E-state index is 11.9. The van der Waals surface area contributed by atoms with Crippen molar-refractivity contribution >= 4 is 5.91 Å². The van der Waals surface area contributed by atoms with Crippen LogP contribution >= 0.6 is 0 Å². The molecule has 0 saturated carbocycles. The second-order valence-corrected chi connectivity index (χ2v) is 3.94. The second kappa shape index (κ2) is 5.16. The van der Waals surface area contributed by atoms with Crippen LogP contribution in [0.2, 0.25) is 0 Å². The first-order valence-corrected chi connectivity index (χ1v) is 5.71. The van der Waals surface area contributed by atoms with E-state index in [2.05, 4.69) is 6.92 Å². The van der Waals surface area contributed by atoms with Crippen molar-refractivity contribution in [2.75, 3.05) is 26.3 Å². The molecular weight excluding hydrogens is 206 g/mol. The van der Waals surface area contributed by atoms with Gasteiger partial charge in [-0.1, -0.05) is 6.92 Å². The van der Waals surface area contributed by atoms with Gasteiger partial charge in [-0.05, 0) is 18.1 Å². The SMILES string of the molecule is CCc1coc(CC(=O)N2CCOCC2)c1. The average molecular weight is 223 g/mol. The molecular formula is C12H17NO3. The van der Waals surface area contributed by atoms with Gasteiger partial charge in [-0.25, -0.2) is 0 Å². The highest BCUT2D eigenvalue weighted by Gasteiger charge is 2.18. The summed E-state index contributed by atoms with van der Waals surface area (Å²) in [7, 11) is 0. The van der Waals surface area contributed by atoms with Gasteiger partial charge in [-0.2, -0.15) is 0 Å². The standard InChI is InChI=1S/C12H17NO3/c1-2-10-7-11(16-9-10)8-12(14)13-3-5-15-6-4-13/h7,9H,2-6,8H2,1H3. The summed E-state index contributed by atoms with van der Waals surface area (Å²) < 4.78 is 10.5. The zero-order valence-electron chi connectivity index (χ0n) is 9.57. The Morgan fingerprint density at radius 2 is 2.19 bits per heavy atom. The maximum atomic E-state index is 11.9. The van der Waals surface area contributed by atoms with E-state index in [1.807, 2.05) is 11.0 Å². The van der Waals surface area contributed by atoms with E-state index in [1.54, 1.807) is 6.26 Å². The summed E-state index contributed by atoms with van der Waals surface area (Å²) in [5.74, 6) is 0.883. The minimum absolute atomic E-state index is 0.125. The summed E-state index contributed by atoms with van der Waals surface area (Å²) in [6, 6.07) is 1.96. The topological polar surface area (TPSA) is 42.7 Å². The van der Waals surface area contributed by atoms with Gasteiger partial charge in [0.05, 0.1) is 25.9 Å². The van der Waals surface area contributed by atoms with Gasteiger partial charge in [-0.3, -0.25) is 4.79 Å². The molecule has 0 bridgehead atoms. The van der Waals surface area contributed by atoms with Crippen molar-refractivity contribution in [2.45, 2.75) is 19.8 Å². The Balaban J connectivity index is 1.90. The lowest BCUT2D eigenvalue weighted by molar-refractivity contribution is -0.134. The summed E-state index contributed by atoms with van der Waals surface area (Å²) in [6.07, 6.45) is 3.02. The van der Waals surface area contributed by atoms with Crippen LogP contribution in [0, 0.1) is 0 Å². The molecule has 1 aromatic heterocycles. The van der Waals surface area contributed by atoms with Gasteiger partial charge in [-0.15, -0.1) is 0 Å². The molecule has 0 aliphatic carbocycles. The fourth-order valence-corrected chi connectivity index (χ4v) is 1.78. The predicted molar refractivity (Wildman–Crippen MR) is 59.2 cm³/mol. The zero-order valence-corrected chi connectivity index (χ0v) is 9.57. The molecule has 1 saturated heterocycles. The third-order valence-corrected chi connectivity index (χ3v) is 2.81. The molecule has 4 heteroatoms. The summed E-state index contributed by atoms with van der Waals surface area (Å²) in [4.78, 5) is 13.7. The van der Waals surface area contributed by atoms with Crippen LogP contribution in [0.5, 0.6) is 0 Å². The molecule has 0 spiro atoms. The number of carbonyl (C=O) groups is 1. The molecule has 1 aliphatic heterocycles. The third-order valence-electron chi connectivity index (χ3n) is 2.81. The largest absolute Gasteiger partial charge is 0.469 e. The van der Waals surface area contributed by atoms with Crippen molar-refractivity contribution in [1.82, 2.24) is 4.90 Å². The van der Waals surface area contributed by atoms with Gasteiger partial charge in [0.15, 0.2) is 0 Å². The lowest BCUT2D eigenvalue weighted by atomic mass is 10.2. The number of hydrogen-bond acceptors (Lipinski definition) is 3. The lowest BCUT2D eigenvalue weighted by Gasteiger charge is -2.26. The molecule has 1 aliphatic rings. The fraction of sp³-hybridized carbons (Fsp3) is 0.583. The van der Waals surface area contributed by atoms with E-state index >= 15 is 0 Å². The quantitative estimate of drug-likeness (QED) is 0.774. The van der Waals surface area contributed by atoms with Crippen molar-refractivity contribution in [2.24, 2.45) is 0 Å². The summed E-state index contributed by atoms with van der Waals surface area (Å²) in [6.45, 7) is 4.74. The Kier molecular flexibility index (Phi) is 3.62. The molecule has 0 atom stereocenters. The molecule has 1 amide bonds. The number of amides is 1. The highest BCUT2D eigenvalue weighted by Crippen LogP contribution is 2.10. The number of ether oxygens (including phenoxy) is 1. The first kappa shape index (κ1) is 11.2. The Morgan fingerprint density at radius 1 is 1.44 bits per heavy atom. The van der Waals surface area contributed by atoms with E-state index < -0.39 is 0 Å². The first-order valence-electron chi connectivity index (χ1n) is 5.71. The summed E-state index contributed by atoms with van der Waals surface area (Å²) in [5, 5.41) is 0. The average Bonchev–Trinajstić information content (AvgIpc) is 2.78. The Hall–Kier alpha value is -1.29. The molecule has 88 valence electrons. The smallest absolute Gasteiger partial charge is 0.230 e. The van der Waals surface area contributed by atoms with Crippen molar-refractivity contribution in [1.29, 1.82) is 0 Å². The molecule has 0 radical (unpaired) electrons. The minimum atomic E-state index is 0.125. The van der Waals surface area contributed by atoms with Crippen LogP contribution in [0.3, 0.4) is 0 Å². The molecule has 0 aromatic carbocycles. The van der Waals surface area contributed by atoms with Crippen LogP contribution in [-0.4, -0.2) is 37.1 Å². The van der Waals surface area contributed by atoms with Gasteiger partial charge in [0.2, 0.25) is 5.91 Å². The summed E-state index contributed by atoms with van der Waals surface area (Å²) >= 11 is 0. The van der Waals surface area contributed by atoms with Gasteiger partial charge >= 0.3 is 0 Å². The normalized spacial score (nSPS) is 16.4. The van der Waals surface area contributed by atoms with E-state index in [9.17, 15) is 4.79 Å². The number of rotatable bonds is 3. The zero-order chi connectivity index (χ0) is 11.4. The predicted octanol–water partition coefficient (Wildman–Crippen LogP) is 1.24. The first-order chi connectivity index (χ1) is 7.79. The van der Waals surface area contributed by atoms with Gasteiger partial charge < -0.3 is 14.1 Å². The van der Waals surface area contributed by atoms with Crippen molar-refractivity contribution in [3.8, 4) is 0 Å². The Morgan fingerprint density at radius 3 is 2.81 bits per heavy atom. The van der Waals surface area contributed by atoms with E-state index in [0.717, 1.165) is 17.7 Å². The van der Waals surface area contributed by atoms with Crippen molar-refractivity contribution < 1.29 is 13.9 Å². The molecule has 2 heterocycles. The fourth-order valence-electron chi connectivity index (χ4n) is 1.78. The number of hydrogen-bond donors (Lipinski definition) is 0.